The van der Waals surface area contributed by atoms with Gasteiger partial charge in [-0.3, -0.25) is 4.79 Å². The topological polar surface area (TPSA) is 93.2 Å². The average Bonchev–Trinajstić information content (AvgIpc) is 2.68. The highest BCUT2D eigenvalue weighted by Crippen LogP contribution is 2.17. The first-order valence-corrected chi connectivity index (χ1v) is 8.20. The van der Waals surface area contributed by atoms with E-state index in [1.807, 2.05) is 31.2 Å². The molecule has 1 aromatic heterocycles. The summed E-state index contributed by atoms with van der Waals surface area (Å²) in [7, 11) is 1.33. The highest BCUT2D eigenvalue weighted by atomic mass is 16.5. The number of methoxy groups -OCH3 is 1. The van der Waals surface area contributed by atoms with E-state index in [9.17, 15) is 9.59 Å². The van der Waals surface area contributed by atoms with Crippen molar-refractivity contribution in [1.82, 2.24) is 9.97 Å². The van der Waals surface area contributed by atoms with E-state index in [-0.39, 0.29) is 11.6 Å². The molecule has 0 saturated heterocycles. The molecule has 0 radical (unpaired) electrons. The molecule has 7 heteroatoms. The van der Waals surface area contributed by atoms with Crippen LogP contribution in [0.25, 0.3) is 0 Å². The molecule has 0 aliphatic carbocycles. The van der Waals surface area contributed by atoms with Crippen LogP contribution in [0.4, 0.5) is 17.2 Å². The lowest BCUT2D eigenvalue weighted by Crippen LogP contribution is -2.14. The van der Waals surface area contributed by atoms with E-state index >= 15 is 0 Å². The van der Waals surface area contributed by atoms with Crippen molar-refractivity contribution in [3.8, 4) is 0 Å². The van der Waals surface area contributed by atoms with Crippen molar-refractivity contribution in [2.45, 2.75) is 6.92 Å². The minimum atomic E-state index is -0.431. The van der Waals surface area contributed by atoms with Gasteiger partial charge >= 0.3 is 5.97 Å². The lowest BCUT2D eigenvalue weighted by atomic mass is 10.2. The Kier molecular flexibility index (Phi) is 5.41. The van der Waals surface area contributed by atoms with Crippen molar-refractivity contribution in [2.24, 2.45) is 0 Å². The van der Waals surface area contributed by atoms with Crippen LogP contribution in [-0.4, -0.2) is 29.0 Å². The van der Waals surface area contributed by atoms with Crippen molar-refractivity contribution in [3.05, 3.63) is 77.7 Å². The Morgan fingerprint density at radius 1 is 0.963 bits per heavy atom. The van der Waals surface area contributed by atoms with Crippen LogP contribution < -0.4 is 10.6 Å². The van der Waals surface area contributed by atoms with Gasteiger partial charge in [-0.1, -0.05) is 18.2 Å². The molecule has 0 aliphatic heterocycles. The maximum atomic E-state index is 12.4. The number of carbonyl (C=O) groups excluding carboxylic acids is 2. The molecule has 1 amide bonds. The Balaban J connectivity index is 1.75. The lowest BCUT2D eigenvalue weighted by Gasteiger charge is -2.09. The Hall–Kier alpha value is -3.74. The summed E-state index contributed by atoms with van der Waals surface area (Å²) in [6.07, 6.45) is 1.30. The lowest BCUT2D eigenvalue weighted by molar-refractivity contribution is 0.0600. The number of nitrogens with one attached hydrogen (secondary N) is 2. The largest absolute Gasteiger partial charge is 0.465 e. The smallest absolute Gasteiger partial charge is 0.337 e. The van der Waals surface area contributed by atoms with Crippen LogP contribution in [0.3, 0.4) is 0 Å². The minimum absolute atomic E-state index is 0.220. The maximum Gasteiger partial charge on any atom is 0.337 e. The maximum absolute atomic E-state index is 12.4. The van der Waals surface area contributed by atoms with Crippen LogP contribution in [0, 0.1) is 6.92 Å². The molecule has 0 unspecified atom stereocenters. The summed E-state index contributed by atoms with van der Waals surface area (Å²) < 4.78 is 4.71. The van der Waals surface area contributed by atoms with Crippen LogP contribution >= 0.6 is 0 Å². The molecule has 2 N–H and O–H groups in total. The van der Waals surface area contributed by atoms with E-state index in [1.54, 1.807) is 24.3 Å². The number of carbonyl (C=O) groups is 2. The molecule has 0 atom stereocenters. The minimum Gasteiger partial charge on any atom is -0.465 e. The Morgan fingerprint density at radius 2 is 1.74 bits per heavy atom. The molecular formula is C20H18N4O3. The van der Waals surface area contributed by atoms with Gasteiger partial charge in [0.05, 0.1) is 12.7 Å². The average molecular weight is 362 g/mol. The molecule has 3 aromatic rings. The fourth-order valence-corrected chi connectivity index (χ4v) is 2.46. The van der Waals surface area contributed by atoms with Gasteiger partial charge in [0.1, 0.15) is 17.8 Å². The second-order valence-electron chi connectivity index (χ2n) is 5.81. The van der Waals surface area contributed by atoms with Gasteiger partial charge in [-0.25, -0.2) is 14.8 Å². The zero-order valence-electron chi connectivity index (χ0n) is 14.9. The first-order chi connectivity index (χ1) is 13.0. The first kappa shape index (κ1) is 18.1. The number of amides is 1. The molecule has 0 saturated carbocycles. The number of benzene rings is 2. The SMILES string of the molecule is COC(=O)c1cccc(Nc2cc(C(=O)Nc3cccc(C)c3)ncn2)c1. The van der Waals surface area contributed by atoms with E-state index in [1.165, 1.54) is 19.5 Å². The van der Waals surface area contributed by atoms with E-state index < -0.39 is 5.97 Å². The summed E-state index contributed by atoms with van der Waals surface area (Å²) in [5.74, 6) is -0.338. The fourth-order valence-electron chi connectivity index (χ4n) is 2.46. The number of rotatable bonds is 5. The van der Waals surface area contributed by atoms with Crippen LogP contribution in [-0.2, 0) is 4.74 Å². The molecular weight excluding hydrogens is 344 g/mol. The van der Waals surface area contributed by atoms with Crippen LogP contribution in [0.1, 0.15) is 26.4 Å². The standard InChI is InChI=1S/C20H18N4O3/c1-13-5-3-7-15(9-13)24-19(25)17-11-18(22-12-21-17)23-16-8-4-6-14(10-16)20(26)27-2/h3-12H,1-2H3,(H,24,25)(H,21,22,23). The summed E-state index contributed by atoms with van der Waals surface area (Å²) >= 11 is 0. The van der Waals surface area contributed by atoms with Gasteiger partial charge in [-0.15, -0.1) is 0 Å². The van der Waals surface area contributed by atoms with Gasteiger partial charge in [-0.05, 0) is 42.8 Å². The highest BCUT2D eigenvalue weighted by molar-refractivity contribution is 6.03. The fraction of sp³-hybridized carbons (Fsp3) is 0.100. The Morgan fingerprint density at radius 3 is 2.52 bits per heavy atom. The van der Waals surface area contributed by atoms with Gasteiger partial charge < -0.3 is 15.4 Å². The van der Waals surface area contributed by atoms with Gasteiger partial charge in [0.15, 0.2) is 0 Å². The molecule has 0 aliphatic rings. The van der Waals surface area contributed by atoms with Crippen molar-refractivity contribution >= 4 is 29.1 Å². The van der Waals surface area contributed by atoms with Gasteiger partial charge in [-0.2, -0.15) is 0 Å². The number of esters is 1. The number of aromatic nitrogens is 2. The predicted molar refractivity (Wildman–Crippen MR) is 102 cm³/mol. The predicted octanol–water partition coefficient (Wildman–Crippen LogP) is 3.57. The third kappa shape index (κ3) is 4.66. The van der Waals surface area contributed by atoms with E-state index in [0.717, 1.165) is 5.56 Å². The van der Waals surface area contributed by atoms with Crippen molar-refractivity contribution < 1.29 is 14.3 Å². The molecule has 1 heterocycles. The van der Waals surface area contributed by atoms with E-state index in [0.29, 0.717) is 22.8 Å². The van der Waals surface area contributed by atoms with Gasteiger partial charge in [0, 0.05) is 17.4 Å². The van der Waals surface area contributed by atoms with E-state index in [4.69, 9.17) is 4.74 Å². The summed E-state index contributed by atoms with van der Waals surface area (Å²) in [5, 5.41) is 5.86. The monoisotopic (exact) mass is 362 g/mol. The number of hydrogen-bond donors (Lipinski definition) is 2. The quantitative estimate of drug-likeness (QED) is 0.674. The van der Waals surface area contributed by atoms with Gasteiger partial charge in [0.25, 0.3) is 5.91 Å². The summed E-state index contributed by atoms with van der Waals surface area (Å²) in [6, 6.07) is 15.8. The van der Waals surface area contributed by atoms with Crippen LogP contribution in [0.5, 0.6) is 0 Å². The molecule has 3 rings (SSSR count). The third-order valence-electron chi connectivity index (χ3n) is 3.73. The molecule has 0 bridgehead atoms. The summed E-state index contributed by atoms with van der Waals surface area (Å²) in [4.78, 5) is 32.2. The summed E-state index contributed by atoms with van der Waals surface area (Å²) in [6.45, 7) is 1.95. The van der Waals surface area contributed by atoms with Gasteiger partial charge in [0.2, 0.25) is 0 Å². The Labute approximate surface area is 156 Å². The number of aryl methyl sites for hydroxylation is 1. The normalized spacial score (nSPS) is 10.1. The molecule has 136 valence electrons. The number of ether oxygens (including phenoxy) is 1. The number of anilines is 3. The molecule has 2 aromatic carbocycles. The highest BCUT2D eigenvalue weighted by Gasteiger charge is 2.10. The van der Waals surface area contributed by atoms with Crippen molar-refractivity contribution in [3.63, 3.8) is 0 Å². The molecule has 0 fully saturated rings. The van der Waals surface area contributed by atoms with E-state index in [2.05, 4.69) is 20.6 Å². The zero-order chi connectivity index (χ0) is 19.2. The van der Waals surface area contributed by atoms with Crippen molar-refractivity contribution in [1.29, 1.82) is 0 Å². The second kappa shape index (κ2) is 8.09. The van der Waals surface area contributed by atoms with Crippen LogP contribution in [0.2, 0.25) is 0 Å². The second-order valence-corrected chi connectivity index (χ2v) is 5.81. The zero-order valence-corrected chi connectivity index (χ0v) is 14.9. The molecule has 7 nitrogen and oxygen atoms in total. The molecule has 27 heavy (non-hydrogen) atoms. The Bertz CT molecular complexity index is 988. The van der Waals surface area contributed by atoms with Crippen molar-refractivity contribution in [2.75, 3.05) is 17.7 Å². The number of nitrogens with zero attached hydrogens (tertiary/aromatic N) is 2. The first-order valence-electron chi connectivity index (χ1n) is 8.20. The van der Waals surface area contributed by atoms with Crippen LogP contribution in [0.15, 0.2) is 60.9 Å². The number of hydrogen-bond acceptors (Lipinski definition) is 6. The summed E-state index contributed by atoms with van der Waals surface area (Å²) in [5.41, 5.74) is 3.01. The third-order valence-corrected chi connectivity index (χ3v) is 3.73. The molecule has 0 spiro atoms.